The van der Waals surface area contributed by atoms with Gasteiger partial charge in [0.25, 0.3) is 11.7 Å². The number of unbranched alkanes of at least 4 members (excludes halogenated alkanes) is 2. The predicted octanol–water partition coefficient (Wildman–Crippen LogP) is 0.868. The predicted molar refractivity (Wildman–Crippen MR) is 138 cm³/mol. The van der Waals surface area contributed by atoms with E-state index in [2.05, 4.69) is 12.2 Å². The van der Waals surface area contributed by atoms with Crippen LogP contribution in [0.1, 0.15) is 81.6 Å². The number of alkyl halides is 3. The van der Waals surface area contributed by atoms with Crippen LogP contribution in [0.4, 0.5) is 13.2 Å². The van der Waals surface area contributed by atoms with E-state index in [1.807, 2.05) is 18.7 Å². The maximum Gasteiger partial charge on any atom is 0.430 e. The number of nitrogens with one attached hydrogen (secondary N) is 1. The van der Waals surface area contributed by atoms with E-state index in [1.165, 1.54) is 0 Å². The summed E-state index contributed by atoms with van der Waals surface area (Å²) in [5, 5.41) is 26.5. The Kier molecular flexibility index (Phi) is 13.1. The number of carboxylic acid groups (broad SMARTS) is 2. The standard InChI is InChI=1S/C25H38N4O4.C2HF3O2/c1-4-5-6-7-20(28-23(32)19-10-8-18(9-11-19)22(26)27)25(2,3)24(33)29-14-12-17(13-15-29)16-21(30)31;3-2(4,5)1(6)7/h8-11,17,20H,4-7,12-16H2,1-3H3,(H3,26,27)(H,28,32)(H,30,31);(H,6,7). The number of amidine groups is 1. The molecule has 1 atom stereocenters. The molecule has 6 N–H and O–H groups in total. The fourth-order valence-corrected chi connectivity index (χ4v) is 4.41. The van der Waals surface area contributed by atoms with Crippen molar-refractivity contribution >= 4 is 29.6 Å². The number of nitrogens with zero attached hydrogens (tertiary/aromatic N) is 1. The van der Waals surface area contributed by atoms with Crippen LogP contribution in [0.25, 0.3) is 0 Å². The summed E-state index contributed by atoms with van der Waals surface area (Å²) < 4.78 is 31.5. The van der Waals surface area contributed by atoms with E-state index < -0.39 is 23.5 Å². The molecule has 0 saturated carbocycles. The summed E-state index contributed by atoms with van der Waals surface area (Å²) in [5.74, 6) is -3.74. The molecule has 0 radical (unpaired) electrons. The van der Waals surface area contributed by atoms with Gasteiger partial charge in [0.2, 0.25) is 5.91 Å². The van der Waals surface area contributed by atoms with Gasteiger partial charge in [-0.15, -0.1) is 0 Å². The zero-order chi connectivity index (χ0) is 30.7. The number of carbonyl (C=O) groups excluding carboxylic acids is 3. The van der Waals surface area contributed by atoms with E-state index in [-0.39, 0.29) is 36.0 Å². The van der Waals surface area contributed by atoms with Gasteiger partial charge in [-0.25, -0.2) is 0 Å². The number of nitrogens with two attached hydrogens (primary N) is 2. The van der Waals surface area contributed by atoms with Gasteiger partial charge in [-0.2, -0.15) is 13.2 Å². The molecule has 1 aliphatic heterocycles. The number of halogens is 3. The molecule has 0 bridgehead atoms. The zero-order valence-electron chi connectivity index (χ0n) is 23.1. The summed E-state index contributed by atoms with van der Waals surface area (Å²) in [6.45, 7) is 7.00. The second kappa shape index (κ2) is 15.2. The van der Waals surface area contributed by atoms with E-state index >= 15 is 0 Å². The minimum absolute atomic E-state index is 0.000994. The SMILES string of the molecule is CCCCCC(NC(=O)c1ccc(C(N)=[NH2+])cc1)C(C)(C)C(=O)N1CCC(CC(=O)O)CC1.O=C([O-])C(F)(F)F. The Labute approximate surface area is 231 Å². The van der Waals surface area contributed by atoms with Crippen molar-refractivity contribution < 1.29 is 48.0 Å². The Morgan fingerprint density at radius 1 is 1.10 bits per heavy atom. The first-order valence-corrected chi connectivity index (χ1v) is 13.1. The monoisotopic (exact) mass is 572 g/mol. The van der Waals surface area contributed by atoms with Crippen LogP contribution < -0.4 is 21.6 Å². The van der Waals surface area contributed by atoms with E-state index in [0.717, 1.165) is 19.3 Å². The Bertz CT molecular complexity index is 1040. The maximum atomic E-state index is 13.5. The molecule has 0 aliphatic carbocycles. The lowest BCUT2D eigenvalue weighted by Gasteiger charge is -2.40. The summed E-state index contributed by atoms with van der Waals surface area (Å²) in [7, 11) is 0. The molecular formula is C27H39F3N4O6. The van der Waals surface area contributed by atoms with Crippen LogP contribution in [0.3, 0.4) is 0 Å². The smallest absolute Gasteiger partial charge is 0.430 e. The van der Waals surface area contributed by atoms with E-state index in [0.29, 0.717) is 43.5 Å². The van der Waals surface area contributed by atoms with Crippen LogP contribution in [-0.4, -0.2) is 64.9 Å². The van der Waals surface area contributed by atoms with Crippen molar-refractivity contribution in [2.45, 2.75) is 77.9 Å². The molecule has 1 aromatic carbocycles. The highest BCUT2D eigenvalue weighted by atomic mass is 19.4. The lowest BCUT2D eigenvalue weighted by Crippen LogP contribution is -2.55. The lowest BCUT2D eigenvalue weighted by atomic mass is 9.79. The molecule has 224 valence electrons. The van der Waals surface area contributed by atoms with Gasteiger partial charge in [0.15, 0.2) is 0 Å². The summed E-state index contributed by atoms with van der Waals surface area (Å²) in [6.07, 6.45) is 0.0186. The molecule has 1 aromatic rings. The Morgan fingerprint density at radius 2 is 1.60 bits per heavy atom. The molecule has 13 heteroatoms. The lowest BCUT2D eigenvalue weighted by molar-refractivity contribution is -0.344. The Morgan fingerprint density at radius 3 is 2.02 bits per heavy atom. The summed E-state index contributed by atoms with van der Waals surface area (Å²) in [6, 6.07) is 6.43. The van der Waals surface area contributed by atoms with Crippen molar-refractivity contribution in [3.63, 3.8) is 0 Å². The largest absolute Gasteiger partial charge is 0.542 e. The second-order valence-corrected chi connectivity index (χ2v) is 10.4. The Balaban J connectivity index is 0.00000101. The third kappa shape index (κ3) is 10.9. The number of piperidine rings is 1. The van der Waals surface area contributed by atoms with Crippen molar-refractivity contribution in [2.75, 3.05) is 13.1 Å². The normalized spacial score (nSPS) is 14.9. The fraction of sp³-hybridized carbons (Fsp3) is 0.593. The summed E-state index contributed by atoms with van der Waals surface area (Å²) in [4.78, 5) is 48.1. The van der Waals surface area contributed by atoms with Crippen molar-refractivity contribution in [1.82, 2.24) is 10.2 Å². The van der Waals surface area contributed by atoms with Gasteiger partial charge in [0.1, 0.15) is 5.97 Å². The van der Waals surface area contributed by atoms with E-state index in [1.54, 1.807) is 24.3 Å². The van der Waals surface area contributed by atoms with Gasteiger partial charge >= 0.3 is 12.1 Å². The number of hydrogen-bond donors (Lipinski definition) is 4. The van der Waals surface area contributed by atoms with Crippen LogP contribution in [0, 0.1) is 11.3 Å². The molecular weight excluding hydrogens is 533 g/mol. The van der Waals surface area contributed by atoms with Crippen LogP contribution in [0.2, 0.25) is 0 Å². The fourth-order valence-electron chi connectivity index (χ4n) is 4.41. The molecule has 1 heterocycles. The summed E-state index contributed by atoms with van der Waals surface area (Å²) >= 11 is 0. The molecule has 10 nitrogen and oxygen atoms in total. The average Bonchev–Trinajstić information content (AvgIpc) is 2.87. The third-order valence-corrected chi connectivity index (χ3v) is 6.90. The van der Waals surface area contributed by atoms with Crippen molar-refractivity contribution in [3.8, 4) is 0 Å². The van der Waals surface area contributed by atoms with Gasteiger partial charge in [0.05, 0.1) is 11.0 Å². The number of carbonyl (C=O) groups is 4. The highest BCUT2D eigenvalue weighted by Gasteiger charge is 2.41. The Hall–Kier alpha value is -3.64. The van der Waals surface area contributed by atoms with Gasteiger partial charge in [-0.1, -0.05) is 26.2 Å². The maximum absolute atomic E-state index is 13.5. The number of carboxylic acids is 2. The van der Waals surface area contributed by atoms with Gasteiger partial charge in [-0.05, 0) is 63.3 Å². The highest BCUT2D eigenvalue weighted by Crippen LogP contribution is 2.31. The highest BCUT2D eigenvalue weighted by molar-refractivity contribution is 5.97. The van der Waals surface area contributed by atoms with E-state index in [4.69, 9.17) is 26.2 Å². The third-order valence-electron chi connectivity index (χ3n) is 6.90. The molecule has 1 unspecified atom stereocenters. The zero-order valence-corrected chi connectivity index (χ0v) is 23.1. The van der Waals surface area contributed by atoms with Gasteiger partial charge in [0, 0.05) is 31.1 Å². The number of hydrogen-bond acceptors (Lipinski definition) is 5. The molecule has 40 heavy (non-hydrogen) atoms. The first kappa shape index (κ1) is 34.4. The van der Waals surface area contributed by atoms with E-state index in [9.17, 15) is 27.6 Å². The van der Waals surface area contributed by atoms with Crippen LogP contribution in [-0.2, 0) is 14.4 Å². The molecule has 1 saturated heterocycles. The molecule has 2 amide bonds. The minimum Gasteiger partial charge on any atom is -0.542 e. The number of likely N-dealkylation sites (tertiary alicyclic amines) is 1. The molecule has 1 aliphatic rings. The number of benzene rings is 1. The van der Waals surface area contributed by atoms with Gasteiger partial charge < -0.3 is 25.2 Å². The molecule has 2 rings (SSSR count). The van der Waals surface area contributed by atoms with Crippen LogP contribution in [0.15, 0.2) is 24.3 Å². The van der Waals surface area contributed by atoms with Crippen LogP contribution in [0.5, 0.6) is 0 Å². The number of amides is 2. The minimum atomic E-state index is -5.19. The first-order chi connectivity index (χ1) is 18.5. The van der Waals surface area contributed by atoms with Crippen molar-refractivity contribution in [1.29, 1.82) is 0 Å². The average molecular weight is 573 g/mol. The quantitative estimate of drug-likeness (QED) is 0.173. The topological polar surface area (TPSA) is 178 Å². The number of aliphatic carboxylic acids is 2. The van der Waals surface area contributed by atoms with Gasteiger partial charge in [-0.3, -0.25) is 25.5 Å². The molecule has 0 aromatic heterocycles. The summed E-state index contributed by atoms with van der Waals surface area (Å²) in [5.41, 5.74) is 5.96. The number of rotatable bonds is 11. The van der Waals surface area contributed by atoms with Crippen LogP contribution >= 0.6 is 0 Å². The molecule has 0 spiro atoms. The first-order valence-electron chi connectivity index (χ1n) is 13.1. The second-order valence-electron chi connectivity index (χ2n) is 10.4. The van der Waals surface area contributed by atoms with Crippen molar-refractivity contribution in [2.24, 2.45) is 17.1 Å². The molecule has 1 fully saturated rings. The van der Waals surface area contributed by atoms with Crippen molar-refractivity contribution in [3.05, 3.63) is 35.4 Å².